The Morgan fingerprint density at radius 2 is 1.87 bits per heavy atom. The van der Waals surface area contributed by atoms with Crippen molar-refractivity contribution in [3.05, 3.63) is 66.0 Å². The molecule has 2 atom stereocenters. The molecule has 0 saturated carbocycles. The van der Waals surface area contributed by atoms with Gasteiger partial charge in [0.15, 0.2) is 0 Å². The molecule has 2 aromatic rings. The Bertz CT molecular complexity index is 636. The lowest BCUT2D eigenvalue weighted by Gasteiger charge is -2.23. The topological polar surface area (TPSA) is 62.2 Å². The zero-order valence-corrected chi connectivity index (χ0v) is 12.6. The summed E-state index contributed by atoms with van der Waals surface area (Å²) >= 11 is 0. The van der Waals surface area contributed by atoms with E-state index in [1.807, 2.05) is 30.3 Å². The quantitative estimate of drug-likeness (QED) is 0.858. The van der Waals surface area contributed by atoms with Crippen LogP contribution in [0.4, 0.5) is 8.78 Å². The maximum atomic E-state index is 14.0. The minimum atomic E-state index is -3.75. The Hall–Kier alpha value is -2.34. The van der Waals surface area contributed by atoms with Crippen LogP contribution in [-0.2, 0) is 17.1 Å². The van der Waals surface area contributed by atoms with Gasteiger partial charge < -0.3 is 10.4 Å². The molecule has 1 aromatic heterocycles. The molecular formula is C17H18F2N2O2. The van der Waals surface area contributed by atoms with Crippen LogP contribution >= 0.6 is 0 Å². The Balaban J connectivity index is 1.99. The molecule has 1 aromatic carbocycles. The second kappa shape index (κ2) is 7.28. The van der Waals surface area contributed by atoms with Gasteiger partial charge in [-0.05, 0) is 24.6 Å². The van der Waals surface area contributed by atoms with E-state index in [4.69, 9.17) is 0 Å². The number of carbonyl (C=O) groups is 1. The molecule has 2 unspecified atom stereocenters. The first-order valence-electron chi connectivity index (χ1n) is 7.23. The molecule has 1 amide bonds. The summed E-state index contributed by atoms with van der Waals surface area (Å²) in [5.74, 6) is -5.22. The average Bonchev–Trinajstić information content (AvgIpc) is 2.56. The van der Waals surface area contributed by atoms with Crippen LogP contribution in [0.15, 0.2) is 54.7 Å². The molecule has 0 aliphatic heterocycles. The summed E-state index contributed by atoms with van der Waals surface area (Å²) in [7, 11) is 0. The van der Waals surface area contributed by atoms with E-state index in [-0.39, 0.29) is 6.42 Å². The van der Waals surface area contributed by atoms with Gasteiger partial charge in [-0.25, -0.2) is 0 Å². The molecule has 6 heteroatoms. The van der Waals surface area contributed by atoms with Gasteiger partial charge in [-0.1, -0.05) is 36.4 Å². The number of hydrogen-bond acceptors (Lipinski definition) is 3. The summed E-state index contributed by atoms with van der Waals surface area (Å²) in [6.45, 7) is 1.49. The fraction of sp³-hybridized carbons (Fsp3) is 0.294. The largest absolute Gasteiger partial charge is 0.391 e. The molecule has 0 bridgehead atoms. The van der Waals surface area contributed by atoms with Crippen molar-refractivity contribution in [1.82, 2.24) is 10.3 Å². The normalized spacial score (nSPS) is 14.1. The Kier molecular flexibility index (Phi) is 5.39. The third kappa shape index (κ3) is 4.32. The minimum absolute atomic E-state index is 0.261. The van der Waals surface area contributed by atoms with Crippen LogP contribution in [-0.4, -0.2) is 28.1 Å². The monoisotopic (exact) mass is 320 g/mol. The summed E-state index contributed by atoms with van der Waals surface area (Å²) in [4.78, 5) is 15.3. The lowest BCUT2D eigenvalue weighted by Crippen LogP contribution is -2.48. The van der Waals surface area contributed by atoms with Crippen molar-refractivity contribution in [1.29, 1.82) is 0 Å². The van der Waals surface area contributed by atoms with Gasteiger partial charge in [-0.2, -0.15) is 8.78 Å². The number of aromatic nitrogens is 1. The molecule has 4 nitrogen and oxygen atoms in total. The van der Waals surface area contributed by atoms with E-state index in [1.165, 1.54) is 25.3 Å². The van der Waals surface area contributed by atoms with Crippen LogP contribution in [0.25, 0.3) is 0 Å². The van der Waals surface area contributed by atoms with Crippen LogP contribution in [0.2, 0.25) is 0 Å². The molecule has 1 heterocycles. The zero-order chi connectivity index (χ0) is 16.9. The summed E-state index contributed by atoms with van der Waals surface area (Å²) in [6.07, 6.45) is 0.489. The lowest BCUT2D eigenvalue weighted by molar-refractivity contribution is -0.149. The molecule has 0 saturated heterocycles. The first-order chi connectivity index (χ1) is 10.9. The highest BCUT2D eigenvalue weighted by molar-refractivity contribution is 5.84. The summed E-state index contributed by atoms with van der Waals surface area (Å²) in [6, 6.07) is 12.3. The van der Waals surface area contributed by atoms with Crippen molar-refractivity contribution in [3.63, 3.8) is 0 Å². The maximum absolute atomic E-state index is 14.0. The first-order valence-corrected chi connectivity index (χ1v) is 7.23. The standard InChI is InChI=1S/C17H18F2N2O2/c1-12(14(22)11-13-7-3-2-4-8-13)21-16(23)17(18,19)15-9-5-6-10-20-15/h2-10,12,14,22H,11H2,1H3,(H,21,23). The summed E-state index contributed by atoms with van der Waals surface area (Å²) in [5.41, 5.74) is 0.236. The molecular weight excluding hydrogens is 302 g/mol. The Morgan fingerprint density at radius 3 is 2.48 bits per heavy atom. The minimum Gasteiger partial charge on any atom is -0.391 e. The molecule has 23 heavy (non-hydrogen) atoms. The number of amides is 1. The number of nitrogens with zero attached hydrogens (tertiary/aromatic N) is 1. The highest BCUT2D eigenvalue weighted by Gasteiger charge is 2.43. The summed E-state index contributed by atoms with van der Waals surface area (Å²) < 4.78 is 28.1. The van der Waals surface area contributed by atoms with Crippen LogP contribution in [0, 0.1) is 0 Å². The van der Waals surface area contributed by atoms with Crippen LogP contribution in [0.3, 0.4) is 0 Å². The number of hydrogen-bond donors (Lipinski definition) is 2. The van der Waals surface area contributed by atoms with E-state index >= 15 is 0 Å². The van der Waals surface area contributed by atoms with Crippen molar-refractivity contribution in [3.8, 4) is 0 Å². The lowest BCUT2D eigenvalue weighted by atomic mass is 10.0. The number of benzene rings is 1. The number of pyridine rings is 1. The Labute approximate surface area is 133 Å². The highest BCUT2D eigenvalue weighted by Crippen LogP contribution is 2.26. The molecule has 0 aliphatic carbocycles. The number of alkyl halides is 2. The number of halogens is 2. The third-order valence-corrected chi connectivity index (χ3v) is 3.50. The smallest absolute Gasteiger partial charge is 0.366 e. The van der Waals surface area contributed by atoms with E-state index in [1.54, 1.807) is 0 Å². The fourth-order valence-corrected chi connectivity index (χ4v) is 2.09. The van der Waals surface area contributed by atoms with Crippen molar-refractivity contribution in [2.75, 3.05) is 0 Å². The molecule has 0 fully saturated rings. The number of aliphatic hydroxyl groups is 1. The van der Waals surface area contributed by atoms with E-state index in [0.717, 1.165) is 11.6 Å². The van der Waals surface area contributed by atoms with Crippen molar-refractivity contribution >= 4 is 5.91 Å². The summed E-state index contributed by atoms with van der Waals surface area (Å²) in [5, 5.41) is 12.2. The number of aliphatic hydroxyl groups excluding tert-OH is 1. The van der Waals surface area contributed by atoms with E-state index in [0.29, 0.717) is 0 Å². The molecule has 0 radical (unpaired) electrons. The van der Waals surface area contributed by atoms with Crippen molar-refractivity contribution < 1.29 is 18.7 Å². The van der Waals surface area contributed by atoms with Crippen molar-refractivity contribution in [2.24, 2.45) is 0 Å². The van der Waals surface area contributed by atoms with Gasteiger partial charge in [-0.3, -0.25) is 9.78 Å². The second-order valence-electron chi connectivity index (χ2n) is 5.31. The van der Waals surface area contributed by atoms with E-state index < -0.39 is 29.7 Å². The van der Waals surface area contributed by atoms with Gasteiger partial charge in [-0.15, -0.1) is 0 Å². The van der Waals surface area contributed by atoms with Gasteiger partial charge in [0.05, 0.1) is 12.1 Å². The predicted molar refractivity (Wildman–Crippen MR) is 81.9 cm³/mol. The van der Waals surface area contributed by atoms with Crippen LogP contribution in [0.5, 0.6) is 0 Å². The SMILES string of the molecule is CC(NC(=O)C(F)(F)c1ccccn1)C(O)Cc1ccccc1. The first kappa shape index (κ1) is 17.0. The van der Waals surface area contributed by atoms with E-state index in [9.17, 15) is 18.7 Å². The zero-order valence-electron chi connectivity index (χ0n) is 12.6. The second-order valence-corrected chi connectivity index (χ2v) is 5.31. The van der Waals surface area contributed by atoms with Gasteiger partial charge in [0.1, 0.15) is 5.69 Å². The van der Waals surface area contributed by atoms with Crippen LogP contribution < -0.4 is 5.32 Å². The predicted octanol–water partition coefficient (Wildman–Crippen LogP) is 2.28. The third-order valence-electron chi connectivity index (χ3n) is 3.50. The van der Waals surface area contributed by atoms with Gasteiger partial charge in [0, 0.05) is 12.6 Å². The van der Waals surface area contributed by atoms with Gasteiger partial charge in [0.25, 0.3) is 5.91 Å². The number of carbonyl (C=O) groups excluding carboxylic acids is 1. The average molecular weight is 320 g/mol. The fourth-order valence-electron chi connectivity index (χ4n) is 2.09. The molecule has 0 spiro atoms. The maximum Gasteiger partial charge on any atom is 0.366 e. The molecule has 2 rings (SSSR count). The number of rotatable bonds is 6. The van der Waals surface area contributed by atoms with Gasteiger partial charge in [0.2, 0.25) is 0 Å². The van der Waals surface area contributed by atoms with Crippen molar-refractivity contribution in [2.45, 2.75) is 31.4 Å². The molecule has 122 valence electrons. The molecule has 0 aliphatic rings. The van der Waals surface area contributed by atoms with E-state index in [2.05, 4.69) is 10.3 Å². The van der Waals surface area contributed by atoms with Gasteiger partial charge >= 0.3 is 5.92 Å². The van der Waals surface area contributed by atoms with Crippen LogP contribution in [0.1, 0.15) is 18.2 Å². The molecule has 2 N–H and O–H groups in total. The number of nitrogens with one attached hydrogen (secondary N) is 1. The Morgan fingerprint density at radius 1 is 1.22 bits per heavy atom. The highest BCUT2D eigenvalue weighted by atomic mass is 19.3.